The molecule has 0 N–H and O–H groups in total. The third-order valence-corrected chi connectivity index (χ3v) is 4.69. The molecule has 0 heterocycles. The van der Waals surface area contributed by atoms with Crippen LogP contribution in [0, 0.1) is 0 Å². The van der Waals surface area contributed by atoms with E-state index in [1.165, 1.54) is 16.7 Å². The molecule has 1 nitrogen and oxygen atoms in total. The van der Waals surface area contributed by atoms with Gasteiger partial charge in [0.2, 0.25) is 0 Å². The molecule has 0 atom stereocenters. The van der Waals surface area contributed by atoms with Crippen molar-refractivity contribution >= 4 is 6.29 Å². The van der Waals surface area contributed by atoms with Gasteiger partial charge in [0.15, 0.2) is 0 Å². The van der Waals surface area contributed by atoms with E-state index in [9.17, 15) is 4.79 Å². The second-order valence-electron chi connectivity index (χ2n) is 6.72. The van der Waals surface area contributed by atoms with Gasteiger partial charge in [-0.15, -0.1) is 0 Å². The highest BCUT2D eigenvalue weighted by Crippen LogP contribution is 2.35. The van der Waals surface area contributed by atoms with Gasteiger partial charge in [0.05, 0.1) is 0 Å². The minimum absolute atomic E-state index is 0.123. The number of carbonyl (C=O) groups excluding carboxylic acids is 1. The predicted octanol–water partition coefficient (Wildman–Crippen LogP) is 4.80. The average molecular weight is 260 g/mol. The van der Waals surface area contributed by atoms with E-state index in [4.69, 9.17) is 0 Å². The van der Waals surface area contributed by atoms with Crippen molar-refractivity contribution in [2.24, 2.45) is 0 Å². The van der Waals surface area contributed by atoms with Gasteiger partial charge < -0.3 is 4.79 Å². The van der Waals surface area contributed by atoms with Gasteiger partial charge in [-0.05, 0) is 40.4 Å². The third-order valence-electron chi connectivity index (χ3n) is 4.69. The molecule has 0 bridgehead atoms. The van der Waals surface area contributed by atoms with Gasteiger partial charge in [-0.1, -0.05) is 59.7 Å². The van der Waals surface area contributed by atoms with Gasteiger partial charge in [0, 0.05) is 6.42 Å². The average Bonchev–Trinajstić information content (AvgIpc) is 2.39. The van der Waals surface area contributed by atoms with Crippen molar-refractivity contribution in [3.63, 3.8) is 0 Å². The lowest BCUT2D eigenvalue weighted by atomic mass is 9.74. The zero-order valence-electron chi connectivity index (χ0n) is 13.3. The molecule has 1 heteroatoms. The molecule has 0 aliphatic heterocycles. The van der Waals surface area contributed by atoms with E-state index in [1.807, 2.05) is 0 Å². The number of benzene rings is 1. The van der Waals surface area contributed by atoms with Crippen molar-refractivity contribution in [3.8, 4) is 0 Å². The van der Waals surface area contributed by atoms with Crippen LogP contribution in [0.5, 0.6) is 0 Å². The molecule has 1 aromatic rings. The molecule has 0 aromatic heterocycles. The Bertz CT molecular complexity index is 441. The van der Waals surface area contributed by atoms with Crippen LogP contribution >= 0.6 is 0 Å². The molecule has 106 valence electrons. The summed E-state index contributed by atoms with van der Waals surface area (Å²) in [5.41, 5.74) is 4.20. The summed E-state index contributed by atoms with van der Waals surface area (Å²) < 4.78 is 0. The maximum absolute atomic E-state index is 10.9. The van der Waals surface area contributed by atoms with Gasteiger partial charge in [-0.25, -0.2) is 0 Å². The molecule has 0 aliphatic carbocycles. The normalized spacial score (nSPS) is 12.5. The van der Waals surface area contributed by atoms with Crippen LogP contribution < -0.4 is 0 Å². The van der Waals surface area contributed by atoms with Crippen LogP contribution in [-0.4, -0.2) is 6.29 Å². The van der Waals surface area contributed by atoms with Crippen LogP contribution in [0.4, 0.5) is 0 Å². The first-order chi connectivity index (χ1) is 8.78. The fraction of sp³-hybridized carbons (Fsp3) is 0.611. The first-order valence-electron chi connectivity index (χ1n) is 7.36. The lowest BCUT2D eigenvalue weighted by molar-refractivity contribution is -0.107. The Kier molecular flexibility index (Phi) is 4.95. The minimum Gasteiger partial charge on any atom is -0.303 e. The number of aldehydes is 1. The molecule has 0 radical (unpaired) electrons. The van der Waals surface area contributed by atoms with Crippen LogP contribution in [-0.2, 0) is 22.0 Å². The van der Waals surface area contributed by atoms with Crippen LogP contribution in [0.25, 0.3) is 0 Å². The van der Waals surface area contributed by atoms with Crippen molar-refractivity contribution in [3.05, 3.63) is 34.9 Å². The molecular formula is C18H28O. The molecule has 1 aromatic carbocycles. The van der Waals surface area contributed by atoms with Gasteiger partial charge in [0.1, 0.15) is 6.29 Å². The summed E-state index contributed by atoms with van der Waals surface area (Å²) in [5.74, 6) is 0. The standard InChI is InChI=1S/C18H28O/c1-7-17(3,4)15-10-9-14(11-12-19)16(13-15)18(5,6)8-2/h9-10,12-13H,7-8,11H2,1-6H3. The molecular weight excluding hydrogens is 232 g/mol. The fourth-order valence-electron chi connectivity index (χ4n) is 2.29. The number of rotatable bonds is 6. The van der Waals surface area contributed by atoms with E-state index in [0.717, 1.165) is 19.1 Å². The second-order valence-corrected chi connectivity index (χ2v) is 6.72. The Labute approximate surface area is 118 Å². The molecule has 0 saturated carbocycles. The Morgan fingerprint density at radius 3 is 2.05 bits per heavy atom. The Morgan fingerprint density at radius 1 is 1.00 bits per heavy atom. The van der Waals surface area contributed by atoms with E-state index in [-0.39, 0.29) is 10.8 Å². The highest BCUT2D eigenvalue weighted by Gasteiger charge is 2.25. The smallest absolute Gasteiger partial charge is 0.124 e. The topological polar surface area (TPSA) is 17.1 Å². The molecule has 0 saturated heterocycles. The minimum atomic E-state index is 0.123. The lowest BCUT2D eigenvalue weighted by Gasteiger charge is -2.30. The van der Waals surface area contributed by atoms with Crippen molar-refractivity contribution in [1.82, 2.24) is 0 Å². The molecule has 0 spiro atoms. The molecule has 1 rings (SSSR count). The van der Waals surface area contributed by atoms with E-state index in [1.54, 1.807) is 0 Å². The van der Waals surface area contributed by atoms with E-state index < -0.39 is 0 Å². The SMILES string of the molecule is CCC(C)(C)c1ccc(CC=O)c(C(C)(C)CC)c1. The quantitative estimate of drug-likeness (QED) is 0.671. The van der Waals surface area contributed by atoms with Crippen molar-refractivity contribution in [2.45, 2.75) is 71.6 Å². The molecule has 0 aliphatic rings. The summed E-state index contributed by atoms with van der Waals surface area (Å²) in [5, 5.41) is 0. The number of hydrogen-bond acceptors (Lipinski definition) is 1. The maximum atomic E-state index is 10.9. The first-order valence-corrected chi connectivity index (χ1v) is 7.36. The fourth-order valence-corrected chi connectivity index (χ4v) is 2.29. The van der Waals surface area contributed by atoms with Crippen LogP contribution in [0.3, 0.4) is 0 Å². The van der Waals surface area contributed by atoms with Crippen molar-refractivity contribution < 1.29 is 4.79 Å². The van der Waals surface area contributed by atoms with Crippen LogP contribution in [0.2, 0.25) is 0 Å². The maximum Gasteiger partial charge on any atom is 0.124 e. The summed E-state index contributed by atoms with van der Waals surface area (Å²) in [7, 11) is 0. The van der Waals surface area contributed by atoms with Gasteiger partial charge in [-0.3, -0.25) is 0 Å². The van der Waals surface area contributed by atoms with E-state index in [2.05, 4.69) is 59.7 Å². The lowest BCUT2D eigenvalue weighted by Crippen LogP contribution is -2.22. The predicted molar refractivity (Wildman–Crippen MR) is 82.8 cm³/mol. The summed E-state index contributed by atoms with van der Waals surface area (Å²) in [4.78, 5) is 10.9. The molecule has 19 heavy (non-hydrogen) atoms. The largest absolute Gasteiger partial charge is 0.303 e. The van der Waals surface area contributed by atoms with Gasteiger partial charge in [-0.2, -0.15) is 0 Å². The zero-order valence-corrected chi connectivity index (χ0v) is 13.3. The zero-order chi connectivity index (χ0) is 14.7. The summed E-state index contributed by atoms with van der Waals surface area (Å²) in [6, 6.07) is 6.66. The van der Waals surface area contributed by atoms with Gasteiger partial charge >= 0.3 is 0 Å². The molecule has 0 unspecified atom stereocenters. The number of hydrogen-bond donors (Lipinski definition) is 0. The van der Waals surface area contributed by atoms with Crippen molar-refractivity contribution in [2.75, 3.05) is 0 Å². The van der Waals surface area contributed by atoms with Crippen LogP contribution in [0.15, 0.2) is 18.2 Å². The highest BCUT2D eigenvalue weighted by molar-refractivity contribution is 5.57. The highest BCUT2D eigenvalue weighted by atomic mass is 16.1. The summed E-state index contributed by atoms with van der Waals surface area (Å²) >= 11 is 0. The van der Waals surface area contributed by atoms with E-state index >= 15 is 0 Å². The first kappa shape index (κ1) is 15.9. The molecule has 0 fully saturated rings. The van der Waals surface area contributed by atoms with E-state index in [0.29, 0.717) is 6.42 Å². The third kappa shape index (κ3) is 3.46. The number of carbonyl (C=O) groups is 1. The second kappa shape index (κ2) is 5.90. The Hall–Kier alpha value is -1.11. The summed E-state index contributed by atoms with van der Waals surface area (Å²) in [6.45, 7) is 13.5. The van der Waals surface area contributed by atoms with Crippen molar-refractivity contribution in [1.29, 1.82) is 0 Å². The molecule has 0 amide bonds. The summed E-state index contributed by atoms with van der Waals surface area (Å²) in [6.07, 6.45) is 3.72. The Morgan fingerprint density at radius 2 is 1.58 bits per heavy atom. The van der Waals surface area contributed by atoms with Crippen LogP contribution in [0.1, 0.15) is 71.1 Å². The Balaban J connectivity index is 3.38. The van der Waals surface area contributed by atoms with Gasteiger partial charge in [0.25, 0.3) is 0 Å². The monoisotopic (exact) mass is 260 g/mol.